The topological polar surface area (TPSA) is 83.5 Å². The minimum atomic E-state index is -0.914. The van der Waals surface area contributed by atoms with E-state index in [9.17, 15) is 9.90 Å². The van der Waals surface area contributed by atoms with E-state index in [1.807, 2.05) is 6.07 Å². The van der Waals surface area contributed by atoms with Crippen LogP contribution in [0.15, 0.2) is 30.3 Å². The maximum atomic E-state index is 11.5. The van der Waals surface area contributed by atoms with Gasteiger partial charge < -0.3 is 28.8 Å². The van der Waals surface area contributed by atoms with Crippen molar-refractivity contribution in [3.8, 4) is 28.7 Å². The molecule has 4 rings (SSSR count). The molecule has 0 saturated carbocycles. The van der Waals surface area contributed by atoms with Crippen molar-refractivity contribution < 1.29 is 33.6 Å². The first-order chi connectivity index (χ1) is 12.2. The average Bonchev–Trinajstić information content (AvgIpc) is 3.25. The molecule has 2 aromatic carbocycles. The van der Waals surface area contributed by atoms with Gasteiger partial charge in [-0.3, -0.25) is 4.79 Å². The van der Waals surface area contributed by atoms with Gasteiger partial charge in [0.25, 0.3) is 0 Å². The quantitative estimate of drug-likeness (QED) is 0.893. The molecule has 0 saturated heterocycles. The van der Waals surface area contributed by atoms with Crippen LogP contribution in [-0.2, 0) is 4.79 Å². The van der Waals surface area contributed by atoms with Gasteiger partial charge in [-0.1, -0.05) is 6.07 Å². The minimum absolute atomic E-state index is 0.102. The van der Waals surface area contributed by atoms with E-state index in [-0.39, 0.29) is 20.0 Å². The van der Waals surface area contributed by atoms with Gasteiger partial charge in [-0.05, 0) is 23.8 Å². The maximum Gasteiger partial charge on any atom is 0.304 e. The SMILES string of the molecule is COc1cc2c(cc1C(CC(=O)O)c1ccc3c(c1)OCO3)OCO2. The normalized spacial score (nSPS) is 15.1. The largest absolute Gasteiger partial charge is 0.496 e. The maximum absolute atomic E-state index is 11.5. The average molecular weight is 344 g/mol. The molecule has 7 nitrogen and oxygen atoms in total. The summed E-state index contributed by atoms with van der Waals surface area (Å²) in [6.45, 7) is 0.297. The van der Waals surface area contributed by atoms with Crippen LogP contribution in [0.4, 0.5) is 0 Å². The summed E-state index contributed by atoms with van der Waals surface area (Å²) < 4.78 is 27.0. The van der Waals surface area contributed by atoms with Crippen LogP contribution in [0.3, 0.4) is 0 Å². The van der Waals surface area contributed by atoms with Crippen molar-refractivity contribution >= 4 is 5.97 Å². The summed E-state index contributed by atoms with van der Waals surface area (Å²) in [6, 6.07) is 8.93. The van der Waals surface area contributed by atoms with E-state index >= 15 is 0 Å². The molecule has 7 heteroatoms. The molecule has 0 radical (unpaired) electrons. The highest BCUT2D eigenvalue weighted by Crippen LogP contribution is 2.45. The van der Waals surface area contributed by atoms with Crippen LogP contribution >= 0.6 is 0 Å². The molecule has 1 atom stereocenters. The van der Waals surface area contributed by atoms with Crippen molar-refractivity contribution in [2.45, 2.75) is 12.3 Å². The molecule has 1 unspecified atom stereocenters. The molecule has 0 amide bonds. The fourth-order valence-corrected chi connectivity index (χ4v) is 3.10. The summed E-state index contributed by atoms with van der Waals surface area (Å²) in [7, 11) is 1.54. The number of hydrogen-bond donors (Lipinski definition) is 1. The van der Waals surface area contributed by atoms with Gasteiger partial charge in [-0.15, -0.1) is 0 Å². The molecular formula is C18H16O7. The number of carbonyl (C=O) groups is 1. The minimum Gasteiger partial charge on any atom is -0.496 e. The van der Waals surface area contributed by atoms with Crippen molar-refractivity contribution in [3.05, 3.63) is 41.5 Å². The number of ether oxygens (including phenoxy) is 5. The molecule has 25 heavy (non-hydrogen) atoms. The Morgan fingerprint density at radius 1 is 1.04 bits per heavy atom. The first kappa shape index (κ1) is 15.4. The van der Waals surface area contributed by atoms with Gasteiger partial charge in [0.15, 0.2) is 23.0 Å². The third kappa shape index (κ3) is 2.77. The number of rotatable bonds is 5. The van der Waals surface area contributed by atoms with Gasteiger partial charge in [0, 0.05) is 17.5 Å². The predicted molar refractivity (Wildman–Crippen MR) is 85.8 cm³/mol. The first-order valence-electron chi connectivity index (χ1n) is 7.74. The second-order valence-electron chi connectivity index (χ2n) is 5.71. The van der Waals surface area contributed by atoms with E-state index in [1.54, 1.807) is 31.4 Å². The fourth-order valence-electron chi connectivity index (χ4n) is 3.10. The number of carboxylic acid groups (broad SMARTS) is 1. The molecule has 2 aliphatic heterocycles. The highest BCUT2D eigenvalue weighted by atomic mass is 16.7. The van der Waals surface area contributed by atoms with Gasteiger partial charge in [-0.2, -0.15) is 0 Å². The fraction of sp³-hybridized carbons (Fsp3) is 0.278. The summed E-state index contributed by atoms with van der Waals surface area (Å²) in [5, 5.41) is 9.40. The number of aliphatic carboxylic acids is 1. The summed E-state index contributed by atoms with van der Waals surface area (Å²) in [5.74, 6) is 1.61. The molecule has 1 N–H and O–H groups in total. The molecule has 0 fully saturated rings. The highest BCUT2D eigenvalue weighted by Gasteiger charge is 2.27. The third-order valence-corrected chi connectivity index (χ3v) is 4.28. The van der Waals surface area contributed by atoms with Crippen molar-refractivity contribution in [3.63, 3.8) is 0 Å². The molecule has 2 aliphatic rings. The molecule has 2 heterocycles. The summed E-state index contributed by atoms with van der Waals surface area (Å²) in [4.78, 5) is 11.5. The van der Waals surface area contributed by atoms with Crippen molar-refractivity contribution in [1.82, 2.24) is 0 Å². The van der Waals surface area contributed by atoms with Crippen LogP contribution in [0.2, 0.25) is 0 Å². The van der Waals surface area contributed by atoms with Crippen LogP contribution < -0.4 is 23.7 Å². The third-order valence-electron chi connectivity index (χ3n) is 4.28. The zero-order chi connectivity index (χ0) is 17.4. The molecular weight excluding hydrogens is 328 g/mol. The summed E-state index contributed by atoms with van der Waals surface area (Å²) >= 11 is 0. The number of methoxy groups -OCH3 is 1. The lowest BCUT2D eigenvalue weighted by Gasteiger charge is -2.20. The lowest BCUT2D eigenvalue weighted by Crippen LogP contribution is -2.09. The number of fused-ring (bicyclic) bond motifs is 2. The molecule has 130 valence electrons. The Morgan fingerprint density at radius 3 is 2.36 bits per heavy atom. The Balaban J connectivity index is 1.81. The zero-order valence-corrected chi connectivity index (χ0v) is 13.5. The second kappa shape index (κ2) is 6.08. The van der Waals surface area contributed by atoms with Gasteiger partial charge in [0.1, 0.15) is 5.75 Å². The Labute approximate surface area is 143 Å². The first-order valence-corrected chi connectivity index (χ1v) is 7.74. The lowest BCUT2D eigenvalue weighted by molar-refractivity contribution is -0.137. The zero-order valence-electron chi connectivity index (χ0n) is 13.5. The van der Waals surface area contributed by atoms with Gasteiger partial charge in [0.05, 0.1) is 13.5 Å². The smallest absolute Gasteiger partial charge is 0.304 e. The Kier molecular flexibility index (Phi) is 3.76. The molecule has 0 aromatic heterocycles. The Hall–Kier alpha value is -3.09. The molecule has 0 spiro atoms. The molecule has 2 aromatic rings. The highest BCUT2D eigenvalue weighted by molar-refractivity contribution is 5.70. The van der Waals surface area contributed by atoms with Crippen LogP contribution in [0.5, 0.6) is 28.7 Å². The van der Waals surface area contributed by atoms with E-state index < -0.39 is 11.9 Å². The number of benzene rings is 2. The van der Waals surface area contributed by atoms with E-state index in [2.05, 4.69) is 0 Å². The number of carboxylic acids is 1. The van der Waals surface area contributed by atoms with Gasteiger partial charge >= 0.3 is 5.97 Å². The van der Waals surface area contributed by atoms with Crippen molar-refractivity contribution in [1.29, 1.82) is 0 Å². The Bertz CT molecular complexity index is 830. The van der Waals surface area contributed by atoms with Crippen LogP contribution in [0.1, 0.15) is 23.5 Å². The van der Waals surface area contributed by atoms with Crippen LogP contribution in [0.25, 0.3) is 0 Å². The van der Waals surface area contributed by atoms with E-state index in [1.165, 1.54) is 0 Å². The lowest BCUT2D eigenvalue weighted by atomic mass is 9.87. The monoisotopic (exact) mass is 344 g/mol. The summed E-state index contributed by atoms with van der Waals surface area (Å²) in [6.07, 6.45) is -0.102. The standard InChI is InChI=1S/C18H16O7/c1-21-14-7-17-16(24-9-25-17)5-12(14)11(6-18(19)20)10-2-3-13-15(4-10)23-8-22-13/h2-5,7,11H,6,8-9H2,1H3,(H,19,20). The van der Waals surface area contributed by atoms with E-state index in [0.29, 0.717) is 34.3 Å². The van der Waals surface area contributed by atoms with Crippen molar-refractivity contribution in [2.75, 3.05) is 20.7 Å². The van der Waals surface area contributed by atoms with Crippen LogP contribution in [-0.4, -0.2) is 31.8 Å². The summed E-state index contributed by atoms with van der Waals surface area (Å²) in [5.41, 5.74) is 1.51. The Morgan fingerprint density at radius 2 is 1.68 bits per heavy atom. The van der Waals surface area contributed by atoms with Crippen LogP contribution in [0, 0.1) is 0 Å². The number of hydrogen-bond acceptors (Lipinski definition) is 6. The molecule has 0 bridgehead atoms. The predicted octanol–water partition coefficient (Wildman–Crippen LogP) is 2.76. The van der Waals surface area contributed by atoms with Crippen molar-refractivity contribution in [2.24, 2.45) is 0 Å². The molecule has 0 aliphatic carbocycles. The van der Waals surface area contributed by atoms with Gasteiger partial charge in [0.2, 0.25) is 13.6 Å². The van der Waals surface area contributed by atoms with E-state index in [0.717, 1.165) is 5.56 Å². The van der Waals surface area contributed by atoms with Gasteiger partial charge in [-0.25, -0.2) is 0 Å². The van der Waals surface area contributed by atoms with E-state index in [4.69, 9.17) is 23.7 Å². The second-order valence-corrected chi connectivity index (χ2v) is 5.71.